The number of nitrogens with zero attached hydrogens (tertiary/aromatic N) is 6. The number of piperidine rings is 1. The minimum atomic E-state index is -0.639. The van der Waals surface area contributed by atoms with Gasteiger partial charge in [-0.1, -0.05) is 13.8 Å². The molecule has 4 aromatic rings. The van der Waals surface area contributed by atoms with Crippen molar-refractivity contribution in [1.29, 1.82) is 0 Å². The average molecular weight is 536 g/mol. The van der Waals surface area contributed by atoms with E-state index in [2.05, 4.69) is 51.0 Å². The summed E-state index contributed by atoms with van der Waals surface area (Å²) in [5.41, 5.74) is 1.08. The maximum absolute atomic E-state index is 15.1. The Morgan fingerprint density at radius 3 is 2.49 bits per heavy atom. The number of pyridine rings is 1. The maximum atomic E-state index is 15.1. The Morgan fingerprint density at radius 1 is 1.00 bits per heavy atom. The molecule has 39 heavy (non-hydrogen) atoms. The van der Waals surface area contributed by atoms with E-state index in [-0.39, 0.29) is 23.3 Å². The first-order valence-corrected chi connectivity index (χ1v) is 13.6. The quantitative estimate of drug-likeness (QED) is 0.331. The third-order valence-corrected chi connectivity index (χ3v) is 7.31. The standard InChI is InChI=1S/C27H29F2N7O.C2H6/c1-27(2)9-6-23-33-25-19(28)12-16(13-21(25)36(23)27)24-20(29)15-31-26(34-24)32-22-5-4-18(14-30-22)37-17-7-10-35(3)11-8-17;1-2/h4-5,12-15,17H,6-11H2,1-3H3,(H,30,31,32,34);1-2H3. The zero-order chi connectivity index (χ0) is 27.7. The van der Waals surface area contributed by atoms with Gasteiger partial charge in [-0.15, -0.1) is 0 Å². The van der Waals surface area contributed by atoms with Crippen LogP contribution in [-0.4, -0.2) is 55.6 Å². The monoisotopic (exact) mass is 535 g/mol. The van der Waals surface area contributed by atoms with Crippen molar-refractivity contribution in [2.75, 3.05) is 25.5 Å². The fourth-order valence-electron chi connectivity index (χ4n) is 5.26. The van der Waals surface area contributed by atoms with Gasteiger partial charge >= 0.3 is 0 Å². The van der Waals surface area contributed by atoms with Gasteiger partial charge in [0.05, 0.1) is 17.9 Å². The number of benzene rings is 1. The third kappa shape index (κ3) is 5.43. The van der Waals surface area contributed by atoms with Gasteiger partial charge in [0.2, 0.25) is 5.95 Å². The summed E-state index contributed by atoms with van der Waals surface area (Å²) in [6.45, 7) is 10.2. The molecule has 0 aliphatic carbocycles. The van der Waals surface area contributed by atoms with Crippen molar-refractivity contribution in [2.45, 2.75) is 65.0 Å². The summed E-state index contributed by atoms with van der Waals surface area (Å²) in [6, 6.07) is 6.63. The average Bonchev–Trinajstić information content (AvgIpc) is 3.46. The number of likely N-dealkylation sites (tertiary alicyclic amines) is 1. The van der Waals surface area contributed by atoms with Crippen molar-refractivity contribution in [3.8, 4) is 17.0 Å². The number of nitrogens with one attached hydrogen (secondary N) is 1. The molecule has 2 aliphatic heterocycles. The van der Waals surface area contributed by atoms with Gasteiger partial charge in [0.25, 0.3) is 0 Å². The van der Waals surface area contributed by atoms with Gasteiger partial charge in [0.1, 0.15) is 34.7 Å². The molecule has 0 amide bonds. The minimum Gasteiger partial charge on any atom is -0.489 e. The number of aryl methyl sites for hydroxylation is 1. The summed E-state index contributed by atoms with van der Waals surface area (Å²) in [5, 5.41) is 3.01. The SMILES string of the molecule is CC.CN1CCC(Oc2ccc(Nc3ncc(F)c(-c4cc(F)c5nc6n(c5c4)C(C)(C)CC6)n3)nc2)CC1. The Hall–Kier alpha value is -3.66. The van der Waals surface area contributed by atoms with Gasteiger partial charge in [0, 0.05) is 30.6 Å². The normalized spacial score (nSPS) is 17.0. The topological polar surface area (TPSA) is 81.0 Å². The van der Waals surface area contributed by atoms with E-state index in [0.29, 0.717) is 28.2 Å². The van der Waals surface area contributed by atoms with Crippen molar-refractivity contribution >= 4 is 22.8 Å². The Balaban J connectivity index is 0.00000151. The molecule has 0 spiro atoms. The first kappa shape index (κ1) is 26.9. The highest BCUT2D eigenvalue weighted by Crippen LogP contribution is 2.38. The van der Waals surface area contributed by atoms with Crippen LogP contribution < -0.4 is 10.1 Å². The van der Waals surface area contributed by atoms with Crippen molar-refractivity contribution in [3.63, 3.8) is 0 Å². The van der Waals surface area contributed by atoms with Gasteiger partial charge in [-0.3, -0.25) is 0 Å². The van der Waals surface area contributed by atoms with Gasteiger partial charge in [-0.2, -0.15) is 0 Å². The summed E-state index contributed by atoms with van der Waals surface area (Å²) in [6.07, 6.45) is 6.57. The minimum absolute atomic E-state index is 0.00636. The molecule has 0 saturated carbocycles. The van der Waals surface area contributed by atoms with E-state index >= 15 is 4.39 Å². The van der Waals surface area contributed by atoms with Crippen molar-refractivity contribution in [2.24, 2.45) is 0 Å². The maximum Gasteiger partial charge on any atom is 0.229 e. The van der Waals surface area contributed by atoms with Crippen molar-refractivity contribution in [1.82, 2.24) is 29.4 Å². The molecule has 6 rings (SSSR count). The number of halogens is 2. The number of fused-ring (bicyclic) bond motifs is 3. The van der Waals surface area contributed by atoms with Crippen LogP contribution in [0, 0.1) is 11.6 Å². The number of hydrogen-bond acceptors (Lipinski definition) is 7. The number of imidazole rings is 1. The van der Waals surface area contributed by atoms with Crippen LogP contribution >= 0.6 is 0 Å². The molecule has 0 atom stereocenters. The molecule has 1 saturated heterocycles. The molecule has 8 nitrogen and oxygen atoms in total. The second kappa shape index (κ2) is 10.8. The molecule has 10 heteroatoms. The highest BCUT2D eigenvalue weighted by atomic mass is 19.1. The summed E-state index contributed by atoms with van der Waals surface area (Å²) in [5.74, 6) is 1.05. The highest BCUT2D eigenvalue weighted by Gasteiger charge is 2.33. The van der Waals surface area contributed by atoms with Crippen LogP contribution in [0.15, 0.2) is 36.7 Å². The number of hydrogen-bond donors (Lipinski definition) is 1. The molecule has 2 aliphatic rings. The van der Waals surface area contributed by atoms with Crippen LogP contribution in [0.1, 0.15) is 52.8 Å². The molecule has 1 N–H and O–H groups in total. The van der Waals surface area contributed by atoms with Crippen LogP contribution in [0.4, 0.5) is 20.5 Å². The number of anilines is 2. The van der Waals surface area contributed by atoms with E-state index < -0.39 is 11.6 Å². The lowest BCUT2D eigenvalue weighted by atomic mass is 10.0. The Labute approximate surface area is 227 Å². The van der Waals surface area contributed by atoms with Crippen LogP contribution in [0.3, 0.4) is 0 Å². The summed E-state index contributed by atoms with van der Waals surface area (Å²) in [7, 11) is 2.11. The molecular weight excluding hydrogens is 500 g/mol. The molecule has 0 bridgehead atoms. The van der Waals surface area contributed by atoms with Gasteiger partial charge in [0.15, 0.2) is 11.6 Å². The predicted molar refractivity (Wildman–Crippen MR) is 148 cm³/mol. The molecule has 1 fully saturated rings. The van der Waals surface area contributed by atoms with Gasteiger partial charge < -0.3 is 19.5 Å². The molecular formula is C29H35F2N7O. The van der Waals surface area contributed by atoms with E-state index in [1.807, 2.05) is 24.5 Å². The Bertz CT molecular complexity index is 1460. The highest BCUT2D eigenvalue weighted by molar-refractivity contribution is 5.83. The predicted octanol–water partition coefficient (Wildman–Crippen LogP) is 6.09. The number of rotatable bonds is 5. The van der Waals surface area contributed by atoms with Crippen LogP contribution in [0.5, 0.6) is 5.75 Å². The zero-order valence-corrected chi connectivity index (χ0v) is 23.1. The van der Waals surface area contributed by atoms with Crippen molar-refractivity contribution < 1.29 is 13.5 Å². The fourth-order valence-corrected chi connectivity index (χ4v) is 5.26. The van der Waals surface area contributed by atoms with Crippen LogP contribution in [0.2, 0.25) is 0 Å². The third-order valence-electron chi connectivity index (χ3n) is 7.31. The van der Waals surface area contributed by atoms with E-state index in [9.17, 15) is 4.39 Å². The Morgan fingerprint density at radius 2 is 1.77 bits per heavy atom. The van der Waals surface area contributed by atoms with E-state index in [1.54, 1.807) is 18.3 Å². The lowest BCUT2D eigenvalue weighted by Crippen LogP contribution is -2.35. The van der Waals surface area contributed by atoms with Crippen LogP contribution in [0.25, 0.3) is 22.3 Å². The smallest absolute Gasteiger partial charge is 0.229 e. The molecule has 0 unspecified atom stereocenters. The second-order valence-corrected chi connectivity index (χ2v) is 10.5. The van der Waals surface area contributed by atoms with Gasteiger partial charge in [-0.25, -0.2) is 28.7 Å². The number of ether oxygens (including phenoxy) is 1. The molecule has 5 heterocycles. The zero-order valence-electron chi connectivity index (χ0n) is 23.1. The lowest BCUT2D eigenvalue weighted by Gasteiger charge is -2.29. The first-order chi connectivity index (χ1) is 18.8. The van der Waals surface area contributed by atoms with Crippen molar-refractivity contribution in [3.05, 3.63) is 54.1 Å². The summed E-state index contributed by atoms with van der Waals surface area (Å²) in [4.78, 5) is 19.6. The molecule has 1 aromatic carbocycles. The fraction of sp³-hybridized carbons (Fsp3) is 0.448. The molecule has 3 aromatic heterocycles. The lowest BCUT2D eigenvalue weighted by molar-refractivity contribution is 0.114. The first-order valence-electron chi connectivity index (χ1n) is 13.6. The van der Waals surface area contributed by atoms with E-state index in [1.165, 1.54) is 6.07 Å². The van der Waals surface area contributed by atoms with E-state index in [0.717, 1.165) is 50.8 Å². The van der Waals surface area contributed by atoms with E-state index in [4.69, 9.17) is 4.74 Å². The summed E-state index contributed by atoms with van der Waals surface area (Å²) >= 11 is 0. The summed E-state index contributed by atoms with van der Waals surface area (Å²) < 4.78 is 38.0. The second-order valence-electron chi connectivity index (χ2n) is 10.5. The number of aromatic nitrogens is 5. The molecule has 206 valence electrons. The Kier molecular flexibility index (Phi) is 7.48. The largest absolute Gasteiger partial charge is 0.489 e. The van der Waals surface area contributed by atoms with Gasteiger partial charge in [-0.05, 0) is 64.4 Å². The molecule has 0 radical (unpaired) electrons. The van der Waals surface area contributed by atoms with Crippen LogP contribution in [-0.2, 0) is 12.0 Å².